The summed E-state index contributed by atoms with van der Waals surface area (Å²) in [6, 6.07) is 70.1. The first-order valence-corrected chi connectivity index (χ1v) is 21.2. The third-order valence-electron chi connectivity index (χ3n) is 13.6. The van der Waals surface area contributed by atoms with Gasteiger partial charge in [0.2, 0.25) is 0 Å². The second kappa shape index (κ2) is 11.6. The van der Waals surface area contributed by atoms with Crippen molar-refractivity contribution in [3.05, 3.63) is 232 Å². The van der Waals surface area contributed by atoms with Gasteiger partial charge in [0, 0.05) is 26.6 Å². The number of hydrogen-bond donors (Lipinski definition) is 0. The SMILES string of the molecule is CC12c3ccccc3-c3cccc(c31)N(c1ccc3c(c1)C(c1ccccc1)(c1ccccc1)c1ccc4ccccc4c1-3)c1c2cc2c(sc3ccccc32)c1Cl. The van der Waals surface area contributed by atoms with Crippen LogP contribution in [0, 0.1) is 0 Å². The highest BCUT2D eigenvalue weighted by Crippen LogP contribution is 2.66. The molecule has 272 valence electrons. The highest BCUT2D eigenvalue weighted by atomic mass is 35.5. The first-order valence-electron chi connectivity index (χ1n) is 20.0. The van der Waals surface area contributed by atoms with Crippen LogP contribution in [0.15, 0.2) is 188 Å². The summed E-state index contributed by atoms with van der Waals surface area (Å²) in [5.74, 6) is 0. The zero-order valence-electron chi connectivity index (χ0n) is 31.6. The molecule has 58 heavy (non-hydrogen) atoms. The molecule has 0 spiro atoms. The van der Waals surface area contributed by atoms with Crippen molar-refractivity contribution >= 4 is 70.9 Å². The largest absolute Gasteiger partial charge is 0.308 e. The maximum absolute atomic E-state index is 7.94. The van der Waals surface area contributed by atoms with E-state index in [9.17, 15) is 0 Å². The molecule has 13 rings (SSSR count). The lowest BCUT2D eigenvalue weighted by atomic mass is 9.67. The van der Waals surface area contributed by atoms with E-state index in [2.05, 4.69) is 200 Å². The molecule has 1 aliphatic heterocycles. The topological polar surface area (TPSA) is 3.24 Å². The van der Waals surface area contributed by atoms with Gasteiger partial charge < -0.3 is 4.90 Å². The first-order chi connectivity index (χ1) is 28.6. The average molecular weight is 776 g/mol. The summed E-state index contributed by atoms with van der Waals surface area (Å²) in [6.45, 7) is 2.42. The van der Waals surface area contributed by atoms with Crippen LogP contribution in [0.5, 0.6) is 0 Å². The molecular formula is C55H34ClNS. The quantitative estimate of drug-likeness (QED) is 0.173. The van der Waals surface area contributed by atoms with E-state index in [4.69, 9.17) is 11.6 Å². The summed E-state index contributed by atoms with van der Waals surface area (Å²) >= 11 is 9.74. The van der Waals surface area contributed by atoms with Gasteiger partial charge in [-0.25, -0.2) is 0 Å². The fourth-order valence-corrected chi connectivity index (χ4v) is 12.8. The summed E-state index contributed by atoms with van der Waals surface area (Å²) in [4.78, 5) is 2.50. The molecular weight excluding hydrogens is 742 g/mol. The minimum Gasteiger partial charge on any atom is -0.308 e. The van der Waals surface area contributed by atoms with Gasteiger partial charge >= 0.3 is 0 Å². The first kappa shape index (κ1) is 32.6. The number of hydrogen-bond acceptors (Lipinski definition) is 2. The fraction of sp³-hybridized carbons (Fsp3) is 0.0545. The molecule has 0 saturated carbocycles. The van der Waals surface area contributed by atoms with Crippen molar-refractivity contribution in [2.24, 2.45) is 0 Å². The van der Waals surface area contributed by atoms with E-state index in [1.807, 2.05) is 0 Å². The van der Waals surface area contributed by atoms with Gasteiger partial charge in [-0.1, -0.05) is 169 Å². The maximum Gasteiger partial charge on any atom is 0.0828 e. The number of halogens is 1. The van der Waals surface area contributed by atoms with Crippen LogP contribution < -0.4 is 4.90 Å². The molecule has 0 N–H and O–H groups in total. The Kier molecular flexibility index (Phi) is 6.51. The van der Waals surface area contributed by atoms with Crippen molar-refractivity contribution in [3.8, 4) is 22.3 Å². The van der Waals surface area contributed by atoms with Gasteiger partial charge in [0.15, 0.2) is 0 Å². The predicted octanol–water partition coefficient (Wildman–Crippen LogP) is 15.3. The second-order valence-electron chi connectivity index (χ2n) is 16.2. The summed E-state index contributed by atoms with van der Waals surface area (Å²) in [5.41, 5.74) is 16.5. The molecule has 0 radical (unpaired) electrons. The lowest BCUT2D eigenvalue weighted by molar-refractivity contribution is 0.703. The van der Waals surface area contributed by atoms with Gasteiger partial charge in [0.25, 0.3) is 0 Å². The summed E-state index contributed by atoms with van der Waals surface area (Å²) in [7, 11) is 0. The molecule has 2 aliphatic carbocycles. The van der Waals surface area contributed by atoms with E-state index in [0.29, 0.717) is 0 Å². The van der Waals surface area contributed by atoms with Crippen LogP contribution in [0.4, 0.5) is 17.1 Å². The highest BCUT2D eigenvalue weighted by molar-refractivity contribution is 7.26. The van der Waals surface area contributed by atoms with Crippen molar-refractivity contribution in [3.63, 3.8) is 0 Å². The molecule has 10 aromatic rings. The van der Waals surface area contributed by atoms with Crippen molar-refractivity contribution in [2.45, 2.75) is 17.8 Å². The molecule has 0 amide bonds. The van der Waals surface area contributed by atoms with Crippen LogP contribution >= 0.6 is 22.9 Å². The van der Waals surface area contributed by atoms with E-state index >= 15 is 0 Å². The van der Waals surface area contributed by atoms with Crippen molar-refractivity contribution in [1.29, 1.82) is 0 Å². The molecule has 3 aliphatic rings. The van der Waals surface area contributed by atoms with Gasteiger partial charge in [-0.3, -0.25) is 0 Å². The molecule has 0 saturated heterocycles. The minimum absolute atomic E-state index is 0.404. The van der Waals surface area contributed by atoms with E-state index < -0.39 is 10.8 Å². The van der Waals surface area contributed by atoms with Crippen molar-refractivity contribution in [1.82, 2.24) is 0 Å². The van der Waals surface area contributed by atoms with Crippen molar-refractivity contribution in [2.75, 3.05) is 4.90 Å². The molecule has 1 nitrogen and oxygen atoms in total. The van der Waals surface area contributed by atoms with E-state index in [-0.39, 0.29) is 0 Å². The average Bonchev–Trinajstić information content (AvgIpc) is 3.90. The van der Waals surface area contributed by atoms with Crippen LogP contribution in [-0.2, 0) is 10.8 Å². The van der Waals surface area contributed by atoms with Crippen LogP contribution in [0.1, 0.15) is 45.9 Å². The highest BCUT2D eigenvalue weighted by Gasteiger charge is 2.51. The molecule has 0 fully saturated rings. The monoisotopic (exact) mass is 775 g/mol. The zero-order chi connectivity index (χ0) is 38.3. The Morgan fingerprint density at radius 2 is 1.19 bits per heavy atom. The maximum atomic E-state index is 7.94. The Bertz CT molecular complexity index is 3340. The molecule has 0 bridgehead atoms. The van der Waals surface area contributed by atoms with E-state index in [1.54, 1.807) is 11.3 Å². The Balaban J connectivity index is 1.17. The number of rotatable bonds is 3. The van der Waals surface area contributed by atoms with Gasteiger partial charge in [-0.2, -0.15) is 0 Å². The number of fused-ring (bicyclic) bond motifs is 13. The second-order valence-corrected chi connectivity index (χ2v) is 17.6. The Morgan fingerprint density at radius 3 is 2.00 bits per heavy atom. The Labute approximate surface area is 346 Å². The Hall–Kier alpha value is -6.45. The predicted molar refractivity (Wildman–Crippen MR) is 245 cm³/mol. The van der Waals surface area contributed by atoms with Gasteiger partial charge in [-0.05, 0) is 109 Å². The lowest BCUT2D eigenvalue weighted by Gasteiger charge is -2.43. The zero-order valence-corrected chi connectivity index (χ0v) is 33.2. The molecule has 1 unspecified atom stereocenters. The number of anilines is 3. The fourth-order valence-electron chi connectivity index (χ4n) is 11.2. The van der Waals surface area contributed by atoms with Gasteiger partial charge in [0.1, 0.15) is 0 Å². The number of nitrogens with zero attached hydrogens (tertiary/aromatic N) is 1. The lowest BCUT2D eigenvalue weighted by Crippen LogP contribution is -2.33. The minimum atomic E-state index is -0.561. The number of benzene rings is 9. The molecule has 3 heteroatoms. The summed E-state index contributed by atoms with van der Waals surface area (Å²) in [6.07, 6.45) is 0. The van der Waals surface area contributed by atoms with E-state index in [1.165, 1.54) is 93.1 Å². The van der Waals surface area contributed by atoms with Crippen LogP contribution in [0.25, 0.3) is 53.2 Å². The number of thiophene rings is 1. The van der Waals surface area contributed by atoms with Crippen LogP contribution in [0.2, 0.25) is 5.02 Å². The van der Waals surface area contributed by atoms with Gasteiger partial charge in [-0.15, -0.1) is 11.3 Å². The molecule has 2 heterocycles. The third-order valence-corrected chi connectivity index (χ3v) is 15.3. The van der Waals surface area contributed by atoms with Crippen molar-refractivity contribution < 1.29 is 0 Å². The third kappa shape index (κ3) is 3.92. The van der Waals surface area contributed by atoms with E-state index in [0.717, 1.165) is 21.1 Å². The summed E-state index contributed by atoms with van der Waals surface area (Å²) < 4.78 is 2.38. The molecule has 9 aromatic carbocycles. The van der Waals surface area contributed by atoms with Crippen LogP contribution in [0.3, 0.4) is 0 Å². The van der Waals surface area contributed by atoms with Crippen LogP contribution in [-0.4, -0.2) is 0 Å². The standard InChI is InChI=1S/C55H34ClNS/c1-54-43-24-12-10-21-38(43)40-23-14-25-47(50(40)54)57(52-46(54)32-42-39-22-11-13-26-48(39)58-53(42)51(52)56)36-28-29-41-45(31-36)55(34-16-4-2-5-17-34,35-18-6-3-7-19-35)44-30-27-33-15-8-9-20-37(33)49(41)44/h2-32H,1H3. The summed E-state index contributed by atoms with van der Waals surface area (Å²) in [5, 5.41) is 5.80. The normalized spacial score (nSPS) is 16.6. The Morgan fingerprint density at radius 1 is 0.500 bits per heavy atom. The van der Waals surface area contributed by atoms with Gasteiger partial charge in [0.05, 0.1) is 26.5 Å². The molecule has 1 aromatic heterocycles. The smallest absolute Gasteiger partial charge is 0.0828 e. The molecule has 1 atom stereocenters.